The van der Waals surface area contributed by atoms with E-state index in [-0.39, 0.29) is 5.56 Å². The Labute approximate surface area is 187 Å². The van der Waals surface area contributed by atoms with Crippen molar-refractivity contribution in [1.82, 2.24) is 24.9 Å². The summed E-state index contributed by atoms with van der Waals surface area (Å²) >= 11 is 0. The molecule has 2 aliphatic heterocycles. The quantitative estimate of drug-likeness (QED) is 0.474. The third-order valence-corrected chi connectivity index (χ3v) is 7.06. The molecular formula is C24H30N6O2. The van der Waals surface area contributed by atoms with Crippen molar-refractivity contribution < 1.29 is 10.0 Å². The topological polar surface area (TPSA) is 86.5 Å². The van der Waals surface area contributed by atoms with Crippen molar-refractivity contribution in [3.05, 3.63) is 54.0 Å². The second kappa shape index (κ2) is 8.88. The van der Waals surface area contributed by atoms with Crippen molar-refractivity contribution in [1.29, 1.82) is 0 Å². The number of rotatable bonds is 5. The number of aryl methyl sites for hydroxylation is 1. The average Bonchev–Trinajstić information content (AvgIpc) is 3.43. The van der Waals surface area contributed by atoms with Gasteiger partial charge < -0.3 is 14.4 Å². The van der Waals surface area contributed by atoms with E-state index in [2.05, 4.69) is 61.8 Å². The van der Waals surface area contributed by atoms with Gasteiger partial charge in [0.15, 0.2) is 0 Å². The predicted octanol–water partition coefficient (Wildman–Crippen LogP) is 2.79. The normalized spacial score (nSPS) is 20.2. The van der Waals surface area contributed by atoms with Gasteiger partial charge in [0, 0.05) is 62.7 Å². The van der Waals surface area contributed by atoms with E-state index in [1.165, 1.54) is 41.8 Å². The molecule has 3 aromatic rings. The van der Waals surface area contributed by atoms with Crippen LogP contribution in [-0.2, 0) is 7.05 Å². The zero-order valence-electron chi connectivity index (χ0n) is 18.4. The SMILES string of the molecule is Cn1cc(C2CCN(CC3CCN(c4ncc(C(=O)NO)cn4)CC3)C2)c2ccccc21. The van der Waals surface area contributed by atoms with Crippen LogP contribution in [0.25, 0.3) is 10.9 Å². The Morgan fingerprint density at radius 2 is 1.88 bits per heavy atom. The number of para-hydroxylation sites is 1. The molecule has 1 aromatic carbocycles. The average molecular weight is 435 g/mol. The molecule has 8 heteroatoms. The molecule has 2 N–H and O–H groups in total. The minimum absolute atomic E-state index is 0.251. The summed E-state index contributed by atoms with van der Waals surface area (Å²) in [6.45, 7) is 5.33. The first-order valence-electron chi connectivity index (χ1n) is 11.4. The lowest BCUT2D eigenvalue weighted by molar-refractivity contribution is 0.0705. The summed E-state index contributed by atoms with van der Waals surface area (Å²) in [5, 5.41) is 10.1. The molecule has 32 heavy (non-hydrogen) atoms. The summed E-state index contributed by atoms with van der Waals surface area (Å²) in [6, 6.07) is 8.72. The van der Waals surface area contributed by atoms with E-state index in [0.29, 0.717) is 17.8 Å². The van der Waals surface area contributed by atoms with Crippen LogP contribution in [0.4, 0.5) is 5.95 Å². The lowest BCUT2D eigenvalue weighted by Crippen LogP contribution is -2.39. The molecule has 0 radical (unpaired) electrons. The molecule has 0 bridgehead atoms. The van der Waals surface area contributed by atoms with Crippen molar-refractivity contribution in [2.24, 2.45) is 13.0 Å². The van der Waals surface area contributed by atoms with Gasteiger partial charge in [-0.2, -0.15) is 0 Å². The Balaban J connectivity index is 1.15. The number of fused-ring (bicyclic) bond motifs is 1. The molecule has 0 aliphatic carbocycles. The number of carbonyl (C=O) groups excluding carboxylic acids is 1. The molecule has 2 fully saturated rings. The van der Waals surface area contributed by atoms with Crippen LogP contribution in [0, 0.1) is 5.92 Å². The molecular weight excluding hydrogens is 404 g/mol. The van der Waals surface area contributed by atoms with Gasteiger partial charge in [0.25, 0.3) is 5.91 Å². The van der Waals surface area contributed by atoms with E-state index in [1.54, 1.807) is 5.48 Å². The second-order valence-electron chi connectivity index (χ2n) is 9.10. The summed E-state index contributed by atoms with van der Waals surface area (Å²) in [6.07, 6.45) is 8.71. The van der Waals surface area contributed by atoms with Crippen molar-refractivity contribution in [2.45, 2.75) is 25.2 Å². The Kier molecular flexibility index (Phi) is 5.80. The third-order valence-electron chi connectivity index (χ3n) is 7.06. The fraction of sp³-hybridized carbons (Fsp3) is 0.458. The van der Waals surface area contributed by atoms with Gasteiger partial charge in [-0.15, -0.1) is 0 Å². The maximum atomic E-state index is 11.4. The Bertz CT molecular complexity index is 1090. The second-order valence-corrected chi connectivity index (χ2v) is 9.10. The van der Waals surface area contributed by atoms with Gasteiger partial charge in [0.05, 0.1) is 5.56 Å². The number of nitrogens with one attached hydrogen (secondary N) is 1. The van der Waals surface area contributed by atoms with Gasteiger partial charge in [-0.1, -0.05) is 18.2 Å². The first-order valence-corrected chi connectivity index (χ1v) is 11.4. The van der Waals surface area contributed by atoms with Gasteiger partial charge in [-0.25, -0.2) is 15.4 Å². The number of piperidine rings is 1. The molecule has 0 spiro atoms. The van der Waals surface area contributed by atoms with Crippen molar-refractivity contribution >= 4 is 22.8 Å². The van der Waals surface area contributed by atoms with Crippen LogP contribution in [-0.4, -0.2) is 63.3 Å². The number of aromatic nitrogens is 3. The standard InChI is InChI=1S/C24H30N6O2/c1-28-16-21(20-4-2-3-5-22(20)28)18-8-9-29(15-18)14-17-6-10-30(11-7-17)24-25-12-19(13-26-24)23(31)27-32/h2-5,12-13,16-18,32H,6-11,14-15H2,1H3,(H,27,31). The van der Waals surface area contributed by atoms with Crippen LogP contribution in [0.3, 0.4) is 0 Å². The molecule has 5 rings (SSSR count). The number of anilines is 1. The smallest absolute Gasteiger partial charge is 0.277 e. The monoisotopic (exact) mass is 434 g/mol. The van der Waals surface area contributed by atoms with Gasteiger partial charge in [-0.05, 0) is 49.3 Å². The third kappa shape index (κ3) is 4.08. The maximum absolute atomic E-state index is 11.4. The van der Waals surface area contributed by atoms with Gasteiger partial charge in [0.2, 0.25) is 5.95 Å². The van der Waals surface area contributed by atoms with Crippen LogP contribution >= 0.6 is 0 Å². The largest absolute Gasteiger partial charge is 0.350 e. The van der Waals surface area contributed by atoms with E-state index < -0.39 is 5.91 Å². The molecule has 1 amide bonds. The molecule has 2 aliphatic rings. The zero-order valence-corrected chi connectivity index (χ0v) is 18.4. The highest BCUT2D eigenvalue weighted by Crippen LogP contribution is 2.34. The minimum Gasteiger partial charge on any atom is -0.350 e. The van der Waals surface area contributed by atoms with E-state index in [0.717, 1.165) is 39.0 Å². The number of benzene rings is 1. The van der Waals surface area contributed by atoms with Gasteiger partial charge >= 0.3 is 0 Å². The summed E-state index contributed by atoms with van der Waals surface area (Å²) in [5.41, 5.74) is 4.67. The number of nitrogens with zero attached hydrogens (tertiary/aromatic N) is 5. The molecule has 1 atom stereocenters. The fourth-order valence-electron chi connectivity index (χ4n) is 5.30. The lowest BCUT2D eigenvalue weighted by Gasteiger charge is -2.34. The van der Waals surface area contributed by atoms with Crippen LogP contribution < -0.4 is 10.4 Å². The summed E-state index contributed by atoms with van der Waals surface area (Å²) in [4.78, 5) is 24.9. The highest BCUT2D eigenvalue weighted by molar-refractivity contribution is 5.92. The molecule has 2 aromatic heterocycles. The van der Waals surface area contributed by atoms with Crippen LogP contribution in [0.2, 0.25) is 0 Å². The van der Waals surface area contributed by atoms with E-state index in [4.69, 9.17) is 5.21 Å². The van der Waals surface area contributed by atoms with Crippen LogP contribution in [0.1, 0.15) is 41.1 Å². The Hall–Kier alpha value is -2.97. The van der Waals surface area contributed by atoms with Gasteiger partial charge in [-0.3, -0.25) is 10.0 Å². The highest BCUT2D eigenvalue weighted by Gasteiger charge is 2.29. The Morgan fingerprint density at radius 1 is 1.12 bits per heavy atom. The number of carbonyl (C=O) groups is 1. The van der Waals surface area contributed by atoms with Crippen LogP contribution in [0.15, 0.2) is 42.9 Å². The van der Waals surface area contributed by atoms with Crippen molar-refractivity contribution in [3.63, 3.8) is 0 Å². The first kappa shape index (κ1) is 20.9. The van der Waals surface area contributed by atoms with Gasteiger partial charge in [0.1, 0.15) is 0 Å². The van der Waals surface area contributed by atoms with E-state index in [9.17, 15) is 4.79 Å². The molecule has 168 valence electrons. The maximum Gasteiger partial charge on any atom is 0.277 e. The minimum atomic E-state index is -0.595. The summed E-state index contributed by atoms with van der Waals surface area (Å²) in [5.74, 6) is 1.36. The Morgan fingerprint density at radius 3 is 2.62 bits per heavy atom. The number of amides is 1. The highest BCUT2D eigenvalue weighted by atomic mass is 16.5. The van der Waals surface area contributed by atoms with E-state index in [1.807, 2.05) is 0 Å². The van der Waals surface area contributed by atoms with E-state index >= 15 is 0 Å². The molecule has 2 saturated heterocycles. The zero-order chi connectivity index (χ0) is 22.1. The number of hydroxylamine groups is 1. The number of hydrogen-bond acceptors (Lipinski definition) is 6. The molecule has 8 nitrogen and oxygen atoms in total. The number of hydrogen-bond donors (Lipinski definition) is 2. The summed E-state index contributed by atoms with van der Waals surface area (Å²) in [7, 11) is 2.14. The lowest BCUT2D eigenvalue weighted by atomic mass is 9.96. The number of likely N-dealkylation sites (tertiary alicyclic amines) is 1. The first-order chi connectivity index (χ1) is 15.6. The van der Waals surface area contributed by atoms with Crippen molar-refractivity contribution in [2.75, 3.05) is 37.6 Å². The predicted molar refractivity (Wildman–Crippen MR) is 123 cm³/mol. The fourth-order valence-corrected chi connectivity index (χ4v) is 5.30. The molecule has 4 heterocycles. The molecule has 1 unspecified atom stereocenters. The summed E-state index contributed by atoms with van der Waals surface area (Å²) < 4.78 is 2.26. The molecule has 0 saturated carbocycles. The van der Waals surface area contributed by atoms with Crippen molar-refractivity contribution in [3.8, 4) is 0 Å². The van der Waals surface area contributed by atoms with Crippen LogP contribution in [0.5, 0.6) is 0 Å².